The van der Waals surface area contributed by atoms with Gasteiger partial charge < -0.3 is 28.3 Å². The predicted octanol–water partition coefficient (Wildman–Crippen LogP) is 17.4. The van der Waals surface area contributed by atoms with Crippen LogP contribution in [0, 0.1) is 0 Å². The molecule has 2 saturated heterocycles. The van der Waals surface area contributed by atoms with Crippen molar-refractivity contribution < 1.29 is 46.6 Å². The predicted molar refractivity (Wildman–Crippen MR) is 404 cm³/mol. The molecule has 10 aliphatic rings. The maximum Gasteiger partial charge on any atom is 0.339 e. The van der Waals surface area contributed by atoms with Crippen molar-refractivity contribution in [2.24, 2.45) is 0 Å². The molecule has 0 spiro atoms. The van der Waals surface area contributed by atoms with Gasteiger partial charge >= 0.3 is 29.5 Å². The number of nitrogens with one attached hydrogen (secondary N) is 2. The fourth-order valence-electron chi connectivity index (χ4n) is 19.7. The van der Waals surface area contributed by atoms with Crippen LogP contribution in [-0.4, -0.2) is 89.3 Å². The summed E-state index contributed by atoms with van der Waals surface area (Å²) >= 11 is 0. The van der Waals surface area contributed by atoms with Crippen molar-refractivity contribution in [3.63, 3.8) is 0 Å². The van der Waals surface area contributed by atoms with Gasteiger partial charge in [-0.1, -0.05) is 235 Å². The summed E-state index contributed by atoms with van der Waals surface area (Å²) in [5.74, 6) is 1.76. The third-order valence-electron chi connectivity index (χ3n) is 24.3. The normalized spacial score (nSPS) is 31.0. The molecule has 4 N–H and O–H groups in total. The molecule has 0 amide bonds. The quantitative estimate of drug-likeness (QED) is 0.0498. The minimum absolute atomic E-state index is 0.0997. The molecule has 8 atom stereocenters. The molecule has 530 valence electrons. The van der Waals surface area contributed by atoms with Crippen molar-refractivity contribution in [3.8, 4) is 67.5 Å². The van der Waals surface area contributed by atoms with Gasteiger partial charge in [-0.3, -0.25) is 28.9 Å². The number of benzene rings is 8. The molecule has 102 heavy (non-hydrogen) atoms. The lowest BCUT2D eigenvalue weighted by atomic mass is 9.92. The lowest BCUT2D eigenvalue weighted by Gasteiger charge is -2.73. The third-order valence-corrected chi connectivity index (χ3v) is 35.5. The van der Waals surface area contributed by atoms with Gasteiger partial charge in [0.15, 0.2) is 0 Å². The summed E-state index contributed by atoms with van der Waals surface area (Å²) in [6.45, 7) is 0.199. The van der Waals surface area contributed by atoms with Crippen molar-refractivity contribution in [1.82, 2.24) is 30.2 Å². The Morgan fingerprint density at radius 1 is 0.314 bits per heavy atom. The topological polar surface area (TPSA) is 183 Å². The monoisotopic (exact) mass is 1440 g/mol. The molecule has 16 nitrogen and oxygen atoms in total. The van der Waals surface area contributed by atoms with Gasteiger partial charge in [0, 0.05) is 59.5 Å². The Morgan fingerprint density at radius 2 is 0.559 bits per heavy atom. The van der Waals surface area contributed by atoms with Crippen LogP contribution in [0.25, 0.3) is 44.5 Å². The second kappa shape index (κ2) is 26.3. The zero-order valence-corrected chi connectivity index (χ0v) is 61.5. The molecule has 4 aliphatic carbocycles. The van der Waals surface area contributed by atoms with E-state index >= 15 is 28.5 Å². The van der Waals surface area contributed by atoms with E-state index in [1.54, 1.807) is 0 Å². The zero-order chi connectivity index (χ0) is 69.1. The number of nitrogens with zero attached hydrogens (tertiary/aromatic N) is 4. The highest BCUT2D eigenvalue weighted by atomic mass is 31.2. The highest BCUT2D eigenvalue weighted by Gasteiger charge is 2.87. The van der Waals surface area contributed by atoms with E-state index in [4.69, 9.17) is 18.1 Å². The summed E-state index contributed by atoms with van der Waals surface area (Å²) in [6, 6.07) is 60.6. The van der Waals surface area contributed by atoms with E-state index in [0.717, 1.165) is 136 Å². The maximum absolute atomic E-state index is 18.1. The van der Waals surface area contributed by atoms with E-state index in [0.29, 0.717) is 107 Å². The number of aliphatic hydroxyl groups is 2. The van der Waals surface area contributed by atoms with Gasteiger partial charge in [0.2, 0.25) is 11.1 Å². The molecule has 6 heterocycles. The fraction of sp³-hybridized carbons (Fsp3) is 0.415. The minimum Gasteiger partial charge on any atom is -0.436 e. The first kappa shape index (κ1) is 67.4. The summed E-state index contributed by atoms with van der Waals surface area (Å²) in [6.07, 6.45) is 19.1. The van der Waals surface area contributed by atoms with Gasteiger partial charge in [-0.25, -0.2) is 19.6 Å². The first-order valence-electron chi connectivity index (χ1n) is 37.9. The highest BCUT2D eigenvalue weighted by molar-refractivity contribution is 7.72. The van der Waals surface area contributed by atoms with Crippen LogP contribution >= 0.6 is 29.5 Å². The van der Waals surface area contributed by atoms with Crippen LogP contribution in [0.4, 0.5) is 0 Å². The van der Waals surface area contributed by atoms with E-state index < -0.39 is 63.8 Å². The standard InChI is InChI=1S/C82H92N6O10P4/c89-81(101(93)77-55-29-21-47-69(77)65-43-17-25-51-73(65)97-101)85(79(83-59-33-7-3-8-34-59,87(81)61-37-11-5-12-38-61)99(91)75-53-27-19-45-67(75)63-41-15-23-49-71(63)95-99)57-31-1-2-32-58-86-80(84-60-35-9-4-10-36-60,100(92)76-54-28-20-46-68(76)64-42-16-24-50-72(64)96-100)88(62-39-13-6-14-40-62)82(86,90)102(94)78-56-30-22-48-70(78)66-44-18-26-52-74(66)98-102/h15-30,41-56,59-62,83-84,89-90H,1-14,31-40,57-58H2. The van der Waals surface area contributed by atoms with Crippen LogP contribution < -0.4 is 49.9 Å². The third kappa shape index (κ3) is 9.90. The highest BCUT2D eigenvalue weighted by Crippen LogP contribution is 2.81. The molecule has 6 aliphatic heterocycles. The van der Waals surface area contributed by atoms with E-state index in [1.165, 1.54) is 0 Å². The van der Waals surface area contributed by atoms with E-state index in [9.17, 15) is 0 Å². The number of unbranched alkanes of at least 4 members (excludes halogenated alkanes) is 3. The van der Waals surface area contributed by atoms with Crippen LogP contribution in [0.5, 0.6) is 23.0 Å². The largest absolute Gasteiger partial charge is 0.436 e. The smallest absolute Gasteiger partial charge is 0.339 e. The van der Waals surface area contributed by atoms with E-state index in [2.05, 4.69) is 10.6 Å². The van der Waals surface area contributed by atoms with Crippen LogP contribution in [-0.2, 0) is 18.3 Å². The van der Waals surface area contributed by atoms with Crippen molar-refractivity contribution in [2.75, 3.05) is 13.1 Å². The molecule has 8 aromatic rings. The van der Waals surface area contributed by atoms with Gasteiger partial charge in [-0.05, 0) is 135 Å². The molecule has 0 radical (unpaired) electrons. The Hall–Kier alpha value is -6.44. The Bertz CT molecular complexity index is 4450. The van der Waals surface area contributed by atoms with Crippen LogP contribution in [0.1, 0.15) is 154 Å². The number of para-hydroxylation sites is 4. The Labute approximate surface area is 599 Å². The van der Waals surface area contributed by atoms with Crippen molar-refractivity contribution in [2.45, 2.75) is 201 Å². The number of hydrogen-bond donors (Lipinski definition) is 4. The summed E-state index contributed by atoms with van der Waals surface area (Å²) < 4.78 is 101. The first-order chi connectivity index (χ1) is 49.8. The van der Waals surface area contributed by atoms with Crippen molar-refractivity contribution >= 4 is 50.7 Å². The van der Waals surface area contributed by atoms with Crippen LogP contribution in [0.15, 0.2) is 194 Å². The summed E-state index contributed by atoms with van der Waals surface area (Å²) in [5.41, 5.74) is -2.09. The first-order valence-corrected chi connectivity index (χ1v) is 44.4. The SMILES string of the molecule is O=P1(C2(O)N(CCCCCCN3C(O)(P4(=O)Oc5ccccc5-c5ccccc54)N(C4CCCCC4)C3(NC3CCCCC3)P3(=O)Oc4ccccc4-c4ccccc43)C(NC3CCCCC3)(P3(=O)Oc4ccccc4-c4ccccc43)N2C2CCCCC2)Oc2ccccc2-c2ccccc21. The minimum atomic E-state index is -4.59. The molecule has 8 unspecified atom stereocenters. The lowest BCUT2D eigenvalue weighted by molar-refractivity contribution is -0.356. The molecule has 0 aromatic heterocycles. The van der Waals surface area contributed by atoms with E-state index in [-0.39, 0.29) is 25.2 Å². The van der Waals surface area contributed by atoms with Crippen LogP contribution in [0.2, 0.25) is 0 Å². The molecule has 0 bridgehead atoms. The molecule has 18 rings (SSSR count). The van der Waals surface area contributed by atoms with Crippen LogP contribution in [0.3, 0.4) is 0 Å². The molecule has 6 fully saturated rings. The van der Waals surface area contributed by atoms with Crippen molar-refractivity contribution in [3.05, 3.63) is 194 Å². The second-order valence-corrected chi connectivity index (χ2v) is 39.6. The molecule has 8 aromatic carbocycles. The summed E-state index contributed by atoms with van der Waals surface area (Å²) in [5, 5.41) is 40.3. The second-order valence-electron chi connectivity index (χ2n) is 30.1. The molecule has 20 heteroatoms. The Morgan fingerprint density at radius 3 is 0.863 bits per heavy atom. The van der Waals surface area contributed by atoms with Gasteiger partial charge in [0.25, 0.3) is 11.2 Å². The average Bonchev–Trinajstić information content (AvgIpc) is 0.645. The Kier molecular flexibility index (Phi) is 17.4. The summed E-state index contributed by atoms with van der Waals surface area (Å²) in [7, 11) is -18.0. The zero-order valence-electron chi connectivity index (χ0n) is 57.9. The van der Waals surface area contributed by atoms with Gasteiger partial charge in [-0.15, -0.1) is 0 Å². The number of hydrogen-bond acceptors (Lipinski definition) is 16. The Balaban J connectivity index is 0.775. The molecular formula is C82H92N6O10P4. The number of fused-ring (bicyclic) bond motifs is 12. The average molecular weight is 1450 g/mol. The van der Waals surface area contributed by atoms with E-state index in [1.807, 2.05) is 214 Å². The fourth-order valence-corrected chi connectivity index (χ4v) is 32.5. The lowest BCUT2D eigenvalue weighted by Crippen LogP contribution is -2.93. The molecular weight excluding hydrogens is 1350 g/mol. The van der Waals surface area contributed by atoms with Gasteiger partial charge in [-0.2, -0.15) is 0 Å². The summed E-state index contributed by atoms with van der Waals surface area (Å²) in [4.78, 5) is 7.73. The van der Waals surface area contributed by atoms with Gasteiger partial charge in [0.05, 0.1) is 21.2 Å². The maximum atomic E-state index is 18.1. The van der Waals surface area contributed by atoms with Crippen molar-refractivity contribution in [1.29, 1.82) is 0 Å². The van der Waals surface area contributed by atoms with Gasteiger partial charge in [0.1, 0.15) is 23.0 Å². The number of rotatable bonds is 17. The molecule has 4 saturated carbocycles.